The third-order valence-electron chi connectivity index (χ3n) is 4.07. The van der Waals surface area contributed by atoms with Crippen molar-refractivity contribution in [2.24, 2.45) is 0 Å². The molecule has 1 heterocycles. The quantitative estimate of drug-likeness (QED) is 0.453. The number of hydrogen-bond acceptors (Lipinski definition) is 6. The Bertz CT molecular complexity index is 1340. The van der Waals surface area contributed by atoms with E-state index in [1.165, 1.54) is 54.7 Å². The summed E-state index contributed by atoms with van der Waals surface area (Å²) < 4.78 is 28.6. The minimum Gasteiger partial charge on any atom is -0.480 e. The highest BCUT2D eigenvalue weighted by Crippen LogP contribution is 2.19. The summed E-state index contributed by atoms with van der Waals surface area (Å²) in [6.07, 6.45) is 1.20. The maximum absolute atomic E-state index is 12.6. The van der Waals surface area contributed by atoms with Crippen LogP contribution >= 0.6 is 23.2 Å². The molecule has 0 spiro atoms. The molecule has 0 saturated heterocycles. The second-order valence-corrected chi connectivity index (χ2v) is 8.74. The lowest BCUT2D eigenvalue weighted by atomic mass is 10.2. The first kappa shape index (κ1) is 23.3. The largest absolute Gasteiger partial charge is 0.480 e. The topological polar surface area (TPSA) is 147 Å². The highest BCUT2D eigenvalue weighted by molar-refractivity contribution is 7.92. The predicted molar refractivity (Wildman–Crippen MR) is 117 cm³/mol. The molecule has 166 valence electrons. The molecule has 0 fully saturated rings. The molecule has 1 aromatic heterocycles. The summed E-state index contributed by atoms with van der Waals surface area (Å²) in [6, 6.07) is 10.7. The summed E-state index contributed by atoms with van der Waals surface area (Å²) in [5.41, 5.74) is -0.0195. The van der Waals surface area contributed by atoms with E-state index < -0.39 is 34.0 Å². The number of nitrogens with one attached hydrogen (secondary N) is 2. The van der Waals surface area contributed by atoms with Gasteiger partial charge in [0.05, 0.1) is 21.8 Å². The molecular weight excluding hydrogens is 483 g/mol. The van der Waals surface area contributed by atoms with Crippen molar-refractivity contribution < 1.29 is 23.1 Å². The number of hydrogen-bond donors (Lipinski definition) is 3. The van der Waals surface area contributed by atoms with Gasteiger partial charge in [-0.3, -0.25) is 19.1 Å². The summed E-state index contributed by atoms with van der Waals surface area (Å²) in [5, 5.41) is 14.4. The maximum atomic E-state index is 12.6. The molecule has 3 aromatic rings. The zero-order valence-electron chi connectivity index (χ0n) is 16.0. The first-order valence-electron chi connectivity index (χ1n) is 8.75. The van der Waals surface area contributed by atoms with Gasteiger partial charge in [0.1, 0.15) is 11.6 Å². The molecule has 32 heavy (non-hydrogen) atoms. The minimum absolute atomic E-state index is 0.00157. The first-order chi connectivity index (χ1) is 15.1. The van der Waals surface area contributed by atoms with Crippen LogP contribution in [0.3, 0.4) is 0 Å². The molecule has 0 atom stereocenters. The van der Waals surface area contributed by atoms with Crippen LogP contribution < -0.4 is 15.6 Å². The Morgan fingerprint density at radius 3 is 2.25 bits per heavy atom. The fraction of sp³-hybridized carbons (Fsp3) is 0.0526. The van der Waals surface area contributed by atoms with Gasteiger partial charge in [0.2, 0.25) is 0 Å². The van der Waals surface area contributed by atoms with Gasteiger partial charge in [0, 0.05) is 11.3 Å². The second kappa shape index (κ2) is 9.39. The Kier molecular flexibility index (Phi) is 6.82. The Balaban J connectivity index is 1.76. The van der Waals surface area contributed by atoms with Gasteiger partial charge in [-0.05, 0) is 48.5 Å². The van der Waals surface area contributed by atoms with Crippen LogP contribution in [0.2, 0.25) is 10.0 Å². The van der Waals surface area contributed by atoms with E-state index >= 15 is 0 Å². The van der Waals surface area contributed by atoms with E-state index in [2.05, 4.69) is 15.1 Å². The van der Waals surface area contributed by atoms with Gasteiger partial charge in [-0.15, -0.1) is 0 Å². The lowest BCUT2D eigenvalue weighted by Crippen LogP contribution is -2.29. The highest BCUT2D eigenvalue weighted by atomic mass is 35.5. The molecule has 10 nitrogen and oxygen atoms in total. The third-order valence-corrected chi connectivity index (χ3v) is 6.21. The van der Waals surface area contributed by atoms with Crippen LogP contribution in [-0.2, 0) is 14.8 Å². The Labute approximate surface area is 191 Å². The summed E-state index contributed by atoms with van der Waals surface area (Å²) in [6.45, 7) is -0.535. The number of carbonyl (C=O) groups excluding carboxylic acids is 1. The normalized spacial score (nSPS) is 11.1. The van der Waals surface area contributed by atoms with Crippen molar-refractivity contribution in [2.75, 3.05) is 11.3 Å². The number of carbonyl (C=O) groups is 2. The van der Waals surface area contributed by atoms with Crippen molar-refractivity contribution in [1.29, 1.82) is 0 Å². The molecular formula is C19H14Cl2N4O6S. The number of anilines is 1. The number of benzene rings is 2. The Morgan fingerprint density at radius 1 is 1.03 bits per heavy atom. The fourth-order valence-corrected chi connectivity index (χ4v) is 3.84. The van der Waals surface area contributed by atoms with E-state index in [1.54, 1.807) is 0 Å². The van der Waals surface area contributed by atoms with Gasteiger partial charge in [-0.1, -0.05) is 23.2 Å². The van der Waals surface area contributed by atoms with Crippen molar-refractivity contribution in [3.05, 3.63) is 80.7 Å². The van der Waals surface area contributed by atoms with E-state index in [0.29, 0.717) is 0 Å². The van der Waals surface area contributed by atoms with Gasteiger partial charge in [0.25, 0.3) is 21.5 Å². The van der Waals surface area contributed by atoms with Gasteiger partial charge >= 0.3 is 5.97 Å². The summed E-state index contributed by atoms with van der Waals surface area (Å²) in [4.78, 5) is 34.4. The van der Waals surface area contributed by atoms with Crippen LogP contribution in [0.25, 0.3) is 5.69 Å². The molecule has 3 N–H and O–H groups in total. The number of carboxylic acids is 1. The fourth-order valence-electron chi connectivity index (χ4n) is 2.52. The summed E-state index contributed by atoms with van der Waals surface area (Å²) in [5.74, 6) is -1.79. The van der Waals surface area contributed by atoms with Gasteiger partial charge in [-0.25, -0.2) is 8.42 Å². The molecule has 0 radical (unpaired) electrons. The zero-order chi connectivity index (χ0) is 23.5. The van der Waals surface area contributed by atoms with Crippen LogP contribution in [-0.4, -0.2) is 41.7 Å². The molecule has 0 aliphatic rings. The van der Waals surface area contributed by atoms with Gasteiger partial charge in [-0.2, -0.15) is 9.78 Å². The van der Waals surface area contributed by atoms with Crippen LogP contribution in [0.15, 0.2) is 64.4 Å². The van der Waals surface area contributed by atoms with Gasteiger partial charge in [0.15, 0.2) is 0 Å². The Hall–Kier alpha value is -3.41. The molecule has 0 bridgehead atoms. The molecule has 2 aromatic carbocycles. The molecule has 0 aliphatic heterocycles. The van der Waals surface area contributed by atoms with Crippen LogP contribution in [0.4, 0.5) is 5.69 Å². The van der Waals surface area contributed by atoms with Crippen molar-refractivity contribution >= 4 is 50.8 Å². The van der Waals surface area contributed by atoms with Crippen molar-refractivity contribution in [1.82, 2.24) is 15.1 Å². The van der Waals surface area contributed by atoms with Gasteiger partial charge < -0.3 is 10.4 Å². The molecule has 3 rings (SSSR count). The lowest BCUT2D eigenvalue weighted by Gasteiger charge is -2.10. The van der Waals surface area contributed by atoms with Crippen LogP contribution in [0.1, 0.15) is 10.4 Å². The zero-order valence-corrected chi connectivity index (χ0v) is 18.3. The Morgan fingerprint density at radius 2 is 1.66 bits per heavy atom. The summed E-state index contributed by atoms with van der Waals surface area (Å²) >= 11 is 11.6. The minimum atomic E-state index is -3.98. The number of carboxylic acid groups (broad SMARTS) is 1. The van der Waals surface area contributed by atoms with Crippen LogP contribution in [0.5, 0.6) is 0 Å². The van der Waals surface area contributed by atoms with E-state index in [4.69, 9.17) is 28.3 Å². The standard InChI is InChI=1S/C19H14Cl2N4O6S/c20-15-9-23-25(19(29)17(15)21)13-5-7-14(8-6-13)32(30,31)24-12-3-1-11(2-4-12)18(28)22-10-16(26)27/h1-9,24H,10H2,(H,22,28)(H,26,27). The van der Waals surface area contributed by atoms with E-state index in [0.717, 1.165) is 4.68 Å². The average Bonchev–Trinajstić information content (AvgIpc) is 2.76. The highest BCUT2D eigenvalue weighted by Gasteiger charge is 2.16. The monoisotopic (exact) mass is 496 g/mol. The molecule has 13 heteroatoms. The van der Waals surface area contributed by atoms with E-state index in [9.17, 15) is 22.8 Å². The van der Waals surface area contributed by atoms with Crippen LogP contribution in [0, 0.1) is 0 Å². The van der Waals surface area contributed by atoms with Crippen molar-refractivity contribution in [2.45, 2.75) is 4.90 Å². The lowest BCUT2D eigenvalue weighted by molar-refractivity contribution is -0.135. The van der Waals surface area contributed by atoms with Crippen molar-refractivity contribution in [3.8, 4) is 5.69 Å². The number of rotatable bonds is 7. The number of aromatic nitrogens is 2. The number of sulfonamides is 1. The van der Waals surface area contributed by atoms with E-state index in [1.807, 2.05) is 0 Å². The molecule has 0 unspecified atom stereocenters. The number of aliphatic carboxylic acids is 1. The molecule has 1 amide bonds. The summed E-state index contributed by atoms with van der Waals surface area (Å²) in [7, 11) is -3.98. The molecule has 0 aliphatic carbocycles. The van der Waals surface area contributed by atoms with E-state index in [-0.39, 0.29) is 31.9 Å². The number of halogens is 2. The smallest absolute Gasteiger partial charge is 0.322 e. The van der Waals surface area contributed by atoms with Crippen molar-refractivity contribution in [3.63, 3.8) is 0 Å². The predicted octanol–water partition coefficient (Wildman–Crippen LogP) is 2.15. The average molecular weight is 497 g/mol. The number of amides is 1. The second-order valence-electron chi connectivity index (χ2n) is 6.28. The maximum Gasteiger partial charge on any atom is 0.322 e. The SMILES string of the molecule is O=C(O)CNC(=O)c1ccc(NS(=O)(=O)c2ccc(-n3ncc(Cl)c(Cl)c3=O)cc2)cc1. The third kappa shape index (κ3) is 5.25. The first-order valence-corrected chi connectivity index (χ1v) is 11.0. The number of nitrogens with zero attached hydrogens (tertiary/aromatic N) is 2. The molecule has 0 saturated carbocycles.